The molecule has 4 amide bonds. The molecule has 10 heteroatoms. The molecule has 146 valence electrons. The van der Waals surface area contributed by atoms with Crippen molar-refractivity contribution in [3.8, 4) is 0 Å². The minimum Gasteiger partial charge on any atom is -0.368 e. The van der Waals surface area contributed by atoms with Crippen LogP contribution in [0.2, 0.25) is 0 Å². The first-order chi connectivity index (χ1) is 12.8. The molecule has 2 saturated heterocycles. The van der Waals surface area contributed by atoms with E-state index in [0.29, 0.717) is 31.5 Å². The van der Waals surface area contributed by atoms with E-state index >= 15 is 0 Å². The summed E-state index contributed by atoms with van der Waals surface area (Å²) in [5, 5.41) is 5.32. The molecule has 0 spiro atoms. The second-order valence-electron chi connectivity index (χ2n) is 7.23. The molecule has 2 aliphatic heterocycles. The van der Waals surface area contributed by atoms with Crippen LogP contribution in [-0.2, 0) is 25.6 Å². The molecule has 2 fully saturated rings. The summed E-state index contributed by atoms with van der Waals surface area (Å²) in [5.74, 6) is -1.55. The molecule has 10 nitrogen and oxygen atoms in total. The fourth-order valence-electron chi connectivity index (χ4n) is 3.66. The van der Waals surface area contributed by atoms with Gasteiger partial charge in [0.2, 0.25) is 23.6 Å². The number of nitrogens with two attached hydrogens (primary N) is 1. The number of aromatic amines is 1. The van der Waals surface area contributed by atoms with E-state index in [0.717, 1.165) is 0 Å². The lowest BCUT2D eigenvalue weighted by atomic mass is 9.97. The van der Waals surface area contributed by atoms with Crippen molar-refractivity contribution in [1.82, 2.24) is 25.5 Å². The average Bonchev–Trinajstić information content (AvgIpc) is 3.35. The Morgan fingerprint density at radius 1 is 1.48 bits per heavy atom. The zero-order chi connectivity index (χ0) is 19.6. The normalized spacial score (nSPS) is 25.9. The fourth-order valence-corrected chi connectivity index (χ4v) is 3.66. The quantitative estimate of drug-likeness (QED) is 0.481. The van der Waals surface area contributed by atoms with Gasteiger partial charge in [0.05, 0.1) is 6.33 Å². The third kappa shape index (κ3) is 3.79. The summed E-state index contributed by atoms with van der Waals surface area (Å²) in [5.41, 5.74) is 5.13. The number of hydrogen-bond acceptors (Lipinski definition) is 5. The van der Waals surface area contributed by atoms with Gasteiger partial charge in [-0.1, -0.05) is 0 Å². The number of primary amides is 1. The van der Waals surface area contributed by atoms with Gasteiger partial charge in [0.25, 0.3) is 0 Å². The Balaban J connectivity index is 1.78. The third-order valence-electron chi connectivity index (χ3n) is 5.34. The van der Waals surface area contributed by atoms with Gasteiger partial charge in [-0.3, -0.25) is 19.2 Å². The SMILES string of the molecule is C[C@@]1(C(N)=O)CCCN1C(=O)[C@H](Cc1cnc[nH]1)NC(=O)[C@@H]1CCC(=O)N1. The highest BCUT2D eigenvalue weighted by molar-refractivity contribution is 5.96. The van der Waals surface area contributed by atoms with Crippen LogP contribution < -0.4 is 16.4 Å². The number of amides is 4. The lowest BCUT2D eigenvalue weighted by Gasteiger charge is -2.35. The summed E-state index contributed by atoms with van der Waals surface area (Å²) < 4.78 is 0. The Labute approximate surface area is 156 Å². The second kappa shape index (κ2) is 7.37. The molecule has 0 unspecified atom stereocenters. The highest BCUT2D eigenvalue weighted by Crippen LogP contribution is 2.29. The lowest BCUT2D eigenvalue weighted by Crippen LogP contribution is -2.60. The first-order valence-electron chi connectivity index (χ1n) is 8.99. The molecule has 2 aliphatic rings. The highest BCUT2D eigenvalue weighted by Gasteiger charge is 2.46. The second-order valence-corrected chi connectivity index (χ2v) is 7.23. The van der Waals surface area contributed by atoms with E-state index in [1.165, 1.54) is 11.2 Å². The molecule has 3 heterocycles. The number of rotatable bonds is 6. The van der Waals surface area contributed by atoms with Crippen molar-refractivity contribution in [2.45, 2.75) is 56.7 Å². The van der Waals surface area contributed by atoms with Gasteiger partial charge in [0.15, 0.2) is 0 Å². The first-order valence-corrected chi connectivity index (χ1v) is 8.99. The summed E-state index contributed by atoms with van der Waals surface area (Å²) in [4.78, 5) is 57.3. The van der Waals surface area contributed by atoms with Crippen LogP contribution in [-0.4, -0.2) is 62.7 Å². The largest absolute Gasteiger partial charge is 0.368 e. The van der Waals surface area contributed by atoms with Crippen molar-refractivity contribution in [2.75, 3.05) is 6.54 Å². The molecule has 5 N–H and O–H groups in total. The predicted octanol–water partition coefficient (Wildman–Crippen LogP) is -1.42. The summed E-state index contributed by atoms with van der Waals surface area (Å²) >= 11 is 0. The molecule has 0 saturated carbocycles. The number of hydrogen-bond donors (Lipinski definition) is 4. The molecule has 1 aromatic rings. The summed E-state index contributed by atoms with van der Waals surface area (Å²) in [7, 11) is 0. The number of nitrogens with zero attached hydrogens (tertiary/aromatic N) is 2. The summed E-state index contributed by atoms with van der Waals surface area (Å²) in [6.45, 7) is 2.04. The van der Waals surface area contributed by atoms with Crippen molar-refractivity contribution in [1.29, 1.82) is 0 Å². The summed E-state index contributed by atoms with van der Waals surface area (Å²) in [6.07, 6.45) is 5.06. The Morgan fingerprint density at radius 2 is 2.26 bits per heavy atom. The van der Waals surface area contributed by atoms with Crippen LogP contribution in [0.1, 0.15) is 38.3 Å². The lowest BCUT2D eigenvalue weighted by molar-refractivity contribution is -0.145. The van der Waals surface area contributed by atoms with E-state index in [2.05, 4.69) is 20.6 Å². The molecule has 0 bridgehead atoms. The minimum atomic E-state index is -1.07. The predicted molar refractivity (Wildman–Crippen MR) is 93.9 cm³/mol. The van der Waals surface area contributed by atoms with Crippen molar-refractivity contribution in [3.05, 3.63) is 18.2 Å². The number of aromatic nitrogens is 2. The van der Waals surface area contributed by atoms with Crippen LogP contribution in [0.3, 0.4) is 0 Å². The zero-order valence-corrected chi connectivity index (χ0v) is 15.2. The Bertz CT molecular complexity index is 749. The number of imidazole rings is 1. The Morgan fingerprint density at radius 3 is 2.85 bits per heavy atom. The maximum absolute atomic E-state index is 13.2. The third-order valence-corrected chi connectivity index (χ3v) is 5.34. The van der Waals surface area contributed by atoms with E-state index in [4.69, 9.17) is 5.73 Å². The van der Waals surface area contributed by atoms with E-state index in [-0.39, 0.29) is 24.7 Å². The fraction of sp³-hybridized carbons (Fsp3) is 0.588. The molecule has 27 heavy (non-hydrogen) atoms. The smallest absolute Gasteiger partial charge is 0.246 e. The molecule has 3 rings (SSSR count). The minimum absolute atomic E-state index is 0.188. The number of carbonyl (C=O) groups excluding carboxylic acids is 4. The first kappa shape index (κ1) is 18.9. The number of carbonyl (C=O) groups is 4. The van der Waals surface area contributed by atoms with Crippen LogP contribution in [0.15, 0.2) is 12.5 Å². The van der Waals surface area contributed by atoms with E-state index in [1.807, 2.05) is 0 Å². The van der Waals surface area contributed by atoms with Gasteiger partial charge in [-0.25, -0.2) is 4.98 Å². The highest BCUT2D eigenvalue weighted by atomic mass is 16.2. The maximum Gasteiger partial charge on any atom is 0.246 e. The molecule has 0 aliphatic carbocycles. The molecule has 0 aromatic carbocycles. The molecular weight excluding hydrogens is 352 g/mol. The molecule has 1 aromatic heterocycles. The monoisotopic (exact) mass is 376 g/mol. The number of H-pyrrole nitrogens is 1. The van der Waals surface area contributed by atoms with Crippen molar-refractivity contribution < 1.29 is 19.2 Å². The van der Waals surface area contributed by atoms with Gasteiger partial charge in [-0.05, 0) is 26.2 Å². The Hall–Kier alpha value is -2.91. The topological polar surface area (TPSA) is 150 Å². The van der Waals surface area contributed by atoms with Crippen LogP contribution in [0.5, 0.6) is 0 Å². The molecule has 3 atom stereocenters. The standard InChI is InChI=1S/C17H24N6O4/c1-17(16(18)27)5-2-6-23(17)15(26)12(7-10-8-19-9-20-10)22-14(25)11-3-4-13(24)21-11/h8-9,11-12H,2-7H2,1H3,(H2,18,27)(H,19,20)(H,21,24)(H,22,25)/t11-,12-,17-/m0/s1. The summed E-state index contributed by atoms with van der Waals surface area (Å²) in [6, 6.07) is -1.55. The van der Waals surface area contributed by atoms with Crippen LogP contribution in [0, 0.1) is 0 Å². The Kier molecular flexibility index (Phi) is 5.15. The van der Waals surface area contributed by atoms with Gasteiger partial charge >= 0.3 is 0 Å². The van der Waals surface area contributed by atoms with Crippen molar-refractivity contribution in [2.24, 2.45) is 5.73 Å². The van der Waals surface area contributed by atoms with Gasteiger partial charge in [0.1, 0.15) is 17.6 Å². The molecular formula is C17H24N6O4. The van der Waals surface area contributed by atoms with E-state index in [1.54, 1.807) is 13.1 Å². The number of nitrogens with one attached hydrogen (secondary N) is 3. The molecule has 0 radical (unpaired) electrons. The average molecular weight is 376 g/mol. The van der Waals surface area contributed by atoms with E-state index in [9.17, 15) is 19.2 Å². The van der Waals surface area contributed by atoms with Gasteiger partial charge in [-0.2, -0.15) is 0 Å². The number of likely N-dealkylation sites (tertiary alicyclic amines) is 1. The van der Waals surface area contributed by atoms with Crippen LogP contribution >= 0.6 is 0 Å². The zero-order valence-electron chi connectivity index (χ0n) is 15.2. The van der Waals surface area contributed by atoms with Crippen molar-refractivity contribution in [3.63, 3.8) is 0 Å². The van der Waals surface area contributed by atoms with Gasteiger partial charge in [0, 0.05) is 31.3 Å². The van der Waals surface area contributed by atoms with E-state index < -0.39 is 29.4 Å². The maximum atomic E-state index is 13.2. The van der Waals surface area contributed by atoms with Gasteiger partial charge < -0.3 is 26.3 Å². The van der Waals surface area contributed by atoms with Gasteiger partial charge in [-0.15, -0.1) is 0 Å². The van der Waals surface area contributed by atoms with Crippen LogP contribution in [0.25, 0.3) is 0 Å². The van der Waals surface area contributed by atoms with Crippen molar-refractivity contribution >= 4 is 23.6 Å². The van der Waals surface area contributed by atoms with Crippen LogP contribution in [0.4, 0.5) is 0 Å².